The van der Waals surface area contributed by atoms with Crippen LogP contribution in [0.15, 0.2) is 35.6 Å². The third-order valence-corrected chi connectivity index (χ3v) is 4.41. The van der Waals surface area contributed by atoms with E-state index in [0.29, 0.717) is 5.56 Å². The summed E-state index contributed by atoms with van der Waals surface area (Å²) in [6, 6.07) is 5.55. The molecule has 24 heavy (non-hydrogen) atoms. The largest absolute Gasteiger partial charge is 0.512 e. The molecular weight excluding hydrogens is 314 g/mol. The Bertz CT molecular complexity index is 749. The van der Waals surface area contributed by atoms with Gasteiger partial charge in [0.1, 0.15) is 11.5 Å². The van der Waals surface area contributed by atoms with Crippen molar-refractivity contribution >= 4 is 17.3 Å². The summed E-state index contributed by atoms with van der Waals surface area (Å²) in [5, 5.41) is 31.9. The predicted octanol–water partition coefficient (Wildman–Crippen LogP) is 2.44. The summed E-state index contributed by atoms with van der Waals surface area (Å²) in [6.45, 7) is 3.97. The first-order chi connectivity index (χ1) is 11.1. The topological polar surface area (TPSA) is 118 Å². The number of benzene rings is 1. The average molecular weight is 333 g/mol. The molecule has 1 aliphatic rings. The molecule has 0 aromatic heterocycles. The van der Waals surface area contributed by atoms with Crippen LogP contribution in [0, 0.1) is 16.0 Å². The van der Waals surface area contributed by atoms with Gasteiger partial charge in [-0.05, 0) is 26.3 Å². The Kier molecular flexibility index (Phi) is 4.57. The fourth-order valence-corrected chi connectivity index (χ4v) is 3.54. The lowest BCUT2D eigenvalue weighted by Crippen LogP contribution is -2.47. The molecule has 0 unspecified atom stereocenters. The highest BCUT2D eigenvalue weighted by Gasteiger charge is 2.49. The van der Waals surface area contributed by atoms with Crippen molar-refractivity contribution in [2.45, 2.75) is 38.7 Å². The third kappa shape index (κ3) is 3.07. The van der Waals surface area contributed by atoms with E-state index in [-0.39, 0.29) is 29.2 Å². The number of rotatable bonds is 4. The van der Waals surface area contributed by atoms with E-state index in [4.69, 9.17) is 0 Å². The van der Waals surface area contributed by atoms with Gasteiger partial charge < -0.3 is 10.2 Å². The van der Waals surface area contributed by atoms with E-state index in [2.05, 4.69) is 0 Å². The molecule has 2 rings (SSSR count). The number of aliphatic hydroxyl groups excluding tert-OH is 1. The van der Waals surface area contributed by atoms with Gasteiger partial charge in [-0.1, -0.05) is 12.1 Å². The summed E-state index contributed by atoms with van der Waals surface area (Å²) in [7, 11) is 0. The zero-order valence-electron chi connectivity index (χ0n) is 13.6. The molecule has 0 spiro atoms. The van der Waals surface area contributed by atoms with Crippen LogP contribution in [0.5, 0.6) is 0 Å². The number of allylic oxidation sites excluding steroid dienone is 1. The summed E-state index contributed by atoms with van der Waals surface area (Å²) >= 11 is 0. The number of aliphatic hydroxyl groups is 2. The number of non-ortho nitro benzene ring substituents is 1. The molecule has 0 bridgehead atoms. The van der Waals surface area contributed by atoms with Crippen LogP contribution in [0.3, 0.4) is 0 Å². The highest BCUT2D eigenvalue weighted by Crippen LogP contribution is 2.47. The van der Waals surface area contributed by atoms with Crippen molar-refractivity contribution in [3.63, 3.8) is 0 Å². The van der Waals surface area contributed by atoms with Gasteiger partial charge in [0.25, 0.3) is 5.69 Å². The van der Waals surface area contributed by atoms with Crippen molar-refractivity contribution < 1.29 is 24.7 Å². The normalized spacial score (nSPS) is 27.0. The number of ketones is 2. The zero-order chi connectivity index (χ0) is 18.2. The maximum Gasteiger partial charge on any atom is 0.269 e. The molecule has 0 heterocycles. The minimum atomic E-state index is -1.57. The van der Waals surface area contributed by atoms with Crippen LogP contribution in [0.4, 0.5) is 5.69 Å². The number of hydrogen-bond donors (Lipinski definition) is 2. The van der Waals surface area contributed by atoms with Gasteiger partial charge in [0.2, 0.25) is 0 Å². The summed E-state index contributed by atoms with van der Waals surface area (Å²) in [4.78, 5) is 34.7. The number of carbonyl (C=O) groups is 2. The smallest absolute Gasteiger partial charge is 0.269 e. The lowest BCUT2D eigenvalue weighted by molar-refractivity contribution is -0.384. The SMILES string of the molecule is CC(=O)C1=C(O)C[C@@](C)(O)[C@H](C(C)=O)[C@@H]1c1cccc([N+](=O)[O-])c1. The Morgan fingerprint density at radius 2 is 1.96 bits per heavy atom. The Labute approximate surface area is 138 Å². The van der Waals surface area contributed by atoms with E-state index >= 15 is 0 Å². The van der Waals surface area contributed by atoms with Gasteiger partial charge in [0.05, 0.1) is 16.4 Å². The van der Waals surface area contributed by atoms with Gasteiger partial charge in [-0.15, -0.1) is 0 Å². The number of hydrogen-bond acceptors (Lipinski definition) is 6. The second-order valence-electron chi connectivity index (χ2n) is 6.37. The number of nitrogens with zero attached hydrogens (tertiary/aromatic N) is 1. The van der Waals surface area contributed by atoms with Gasteiger partial charge in [-0.3, -0.25) is 19.7 Å². The molecule has 0 amide bonds. The van der Waals surface area contributed by atoms with Crippen LogP contribution >= 0.6 is 0 Å². The quantitative estimate of drug-likeness (QED) is 0.645. The van der Waals surface area contributed by atoms with Gasteiger partial charge in [0, 0.05) is 30.0 Å². The first-order valence-electron chi connectivity index (χ1n) is 7.46. The minimum Gasteiger partial charge on any atom is -0.512 e. The van der Waals surface area contributed by atoms with Gasteiger partial charge in [-0.2, -0.15) is 0 Å². The molecule has 1 aliphatic carbocycles. The highest BCUT2D eigenvalue weighted by atomic mass is 16.6. The first kappa shape index (κ1) is 17.8. The summed E-state index contributed by atoms with van der Waals surface area (Å²) in [6.07, 6.45) is -0.225. The molecule has 128 valence electrons. The molecule has 1 aromatic rings. The Hall–Kier alpha value is -2.54. The molecule has 0 saturated carbocycles. The number of Topliss-reactive ketones (excluding diaryl/α,β-unsaturated/α-hetero) is 2. The summed E-state index contributed by atoms with van der Waals surface area (Å²) in [5.74, 6) is -3.02. The van der Waals surface area contributed by atoms with Crippen molar-refractivity contribution in [2.24, 2.45) is 5.92 Å². The number of nitro groups is 1. The van der Waals surface area contributed by atoms with Crippen molar-refractivity contribution in [3.05, 3.63) is 51.3 Å². The van der Waals surface area contributed by atoms with Gasteiger partial charge >= 0.3 is 0 Å². The van der Waals surface area contributed by atoms with E-state index in [1.165, 1.54) is 39.0 Å². The van der Waals surface area contributed by atoms with E-state index in [1.54, 1.807) is 6.07 Å². The van der Waals surface area contributed by atoms with E-state index in [9.17, 15) is 29.9 Å². The lowest BCUT2D eigenvalue weighted by atomic mass is 9.64. The first-order valence-corrected chi connectivity index (χ1v) is 7.46. The monoisotopic (exact) mass is 333 g/mol. The average Bonchev–Trinajstić information content (AvgIpc) is 2.44. The molecule has 7 nitrogen and oxygen atoms in total. The number of nitro benzene ring substituents is 1. The zero-order valence-corrected chi connectivity index (χ0v) is 13.6. The Balaban J connectivity index is 2.73. The Morgan fingerprint density at radius 3 is 2.46 bits per heavy atom. The molecular formula is C17H19NO6. The maximum atomic E-state index is 12.2. The van der Waals surface area contributed by atoms with Crippen LogP contribution in [0.1, 0.15) is 38.7 Å². The molecule has 0 radical (unpaired) electrons. The number of carbonyl (C=O) groups excluding carboxylic acids is 2. The fraction of sp³-hybridized carbons (Fsp3) is 0.412. The van der Waals surface area contributed by atoms with Crippen molar-refractivity contribution in [3.8, 4) is 0 Å². The standard InChI is InChI=1S/C17H19NO6/c1-9(19)14-13(21)8-17(3,22)16(10(2)20)15(14)11-5-4-6-12(7-11)18(23)24/h4-7,15-16,21-22H,8H2,1-3H3/t15-,16-,17-/m1/s1. The van der Waals surface area contributed by atoms with Crippen molar-refractivity contribution in [1.82, 2.24) is 0 Å². The molecule has 7 heteroatoms. The van der Waals surface area contributed by atoms with E-state index < -0.39 is 28.1 Å². The third-order valence-electron chi connectivity index (χ3n) is 4.41. The summed E-state index contributed by atoms with van der Waals surface area (Å²) in [5.41, 5.74) is -1.41. The molecule has 2 N–H and O–H groups in total. The van der Waals surface area contributed by atoms with Crippen molar-refractivity contribution in [2.75, 3.05) is 0 Å². The highest BCUT2D eigenvalue weighted by molar-refractivity contribution is 5.97. The lowest BCUT2D eigenvalue weighted by Gasteiger charge is -2.41. The summed E-state index contributed by atoms with van der Waals surface area (Å²) < 4.78 is 0. The van der Waals surface area contributed by atoms with E-state index in [0.717, 1.165) is 0 Å². The fourth-order valence-electron chi connectivity index (χ4n) is 3.54. The van der Waals surface area contributed by atoms with Crippen LogP contribution < -0.4 is 0 Å². The maximum absolute atomic E-state index is 12.2. The second kappa shape index (κ2) is 6.16. The van der Waals surface area contributed by atoms with Crippen LogP contribution in [-0.2, 0) is 9.59 Å². The molecule has 0 saturated heterocycles. The molecule has 0 aliphatic heterocycles. The second-order valence-corrected chi connectivity index (χ2v) is 6.37. The van der Waals surface area contributed by atoms with Crippen LogP contribution in [-0.4, -0.2) is 32.3 Å². The molecule has 1 aromatic carbocycles. The van der Waals surface area contributed by atoms with Crippen molar-refractivity contribution in [1.29, 1.82) is 0 Å². The van der Waals surface area contributed by atoms with Gasteiger partial charge in [-0.25, -0.2) is 0 Å². The van der Waals surface area contributed by atoms with Gasteiger partial charge in [0.15, 0.2) is 5.78 Å². The minimum absolute atomic E-state index is 0.0159. The Morgan fingerprint density at radius 1 is 1.33 bits per heavy atom. The molecule has 0 fully saturated rings. The van der Waals surface area contributed by atoms with E-state index in [1.807, 2.05) is 0 Å². The molecule has 3 atom stereocenters. The predicted molar refractivity (Wildman–Crippen MR) is 85.6 cm³/mol. The van der Waals surface area contributed by atoms with Crippen LogP contribution in [0.25, 0.3) is 0 Å². The van der Waals surface area contributed by atoms with Crippen LogP contribution in [0.2, 0.25) is 0 Å².